The van der Waals surface area contributed by atoms with Gasteiger partial charge in [-0.05, 0) is 19.1 Å². The smallest absolute Gasteiger partial charge is 0.153 e. The number of hydrogen-bond acceptors (Lipinski definition) is 2. The molecule has 0 saturated heterocycles. The first-order valence-corrected chi connectivity index (χ1v) is 2.99. The van der Waals surface area contributed by atoms with Crippen molar-refractivity contribution in [3.8, 4) is 5.75 Å². The van der Waals surface area contributed by atoms with Gasteiger partial charge in [-0.2, -0.15) is 0 Å². The average molecular weight is 243 g/mol. The van der Waals surface area contributed by atoms with Crippen molar-refractivity contribution in [2.75, 3.05) is 0 Å². The Morgan fingerprint density at radius 1 is 1.45 bits per heavy atom. The monoisotopic (exact) mass is 242 g/mol. The Bertz CT molecular complexity index is 258. The van der Waals surface area contributed by atoms with E-state index < -0.39 is 0 Å². The zero-order valence-corrected chi connectivity index (χ0v) is 7.54. The summed E-state index contributed by atoms with van der Waals surface area (Å²) >= 11 is 0. The molecule has 1 aromatic rings. The van der Waals surface area contributed by atoms with Crippen molar-refractivity contribution in [1.29, 1.82) is 0 Å². The number of hydrogen-bond donors (Lipinski definition) is 1. The van der Waals surface area contributed by atoms with Gasteiger partial charge in [0.05, 0.1) is 5.56 Å². The molecule has 0 bridgehead atoms. The van der Waals surface area contributed by atoms with Crippen LogP contribution in [0.5, 0.6) is 5.75 Å². The topological polar surface area (TPSA) is 37.3 Å². The molecule has 1 aromatic carbocycles. The number of carbonyl (C=O) groups is 1. The van der Waals surface area contributed by atoms with Crippen molar-refractivity contribution in [3.63, 3.8) is 0 Å². The molecule has 11 heavy (non-hydrogen) atoms. The number of phenols is 1. The van der Waals surface area contributed by atoms with Crippen LogP contribution >= 0.6 is 0 Å². The first-order valence-electron chi connectivity index (χ1n) is 2.99. The van der Waals surface area contributed by atoms with Crippen molar-refractivity contribution < 1.29 is 30.3 Å². The standard InChI is InChI=1S/C8H8O2.Pd/c1-6-2-3-8(10)7(4-6)5-9;/h2-5,10H,1H3;. The predicted molar refractivity (Wildman–Crippen MR) is 38.2 cm³/mol. The minimum absolute atomic E-state index is 0. The number of carbonyl (C=O) groups excluding carboxylic acids is 1. The van der Waals surface area contributed by atoms with Gasteiger partial charge < -0.3 is 5.11 Å². The van der Waals surface area contributed by atoms with Gasteiger partial charge in [0.1, 0.15) is 5.75 Å². The molecule has 0 atom stereocenters. The summed E-state index contributed by atoms with van der Waals surface area (Å²) in [6.07, 6.45) is 0.641. The third-order valence-electron chi connectivity index (χ3n) is 1.31. The van der Waals surface area contributed by atoms with E-state index in [2.05, 4.69) is 0 Å². The van der Waals surface area contributed by atoms with Crippen molar-refractivity contribution in [2.24, 2.45) is 0 Å². The summed E-state index contributed by atoms with van der Waals surface area (Å²) in [5, 5.41) is 9.00. The summed E-state index contributed by atoms with van der Waals surface area (Å²) in [4.78, 5) is 10.2. The van der Waals surface area contributed by atoms with Crippen molar-refractivity contribution >= 4 is 6.29 Å². The normalized spacial score (nSPS) is 8.45. The van der Waals surface area contributed by atoms with Crippen LogP contribution in [0, 0.1) is 6.92 Å². The Morgan fingerprint density at radius 2 is 2.09 bits per heavy atom. The summed E-state index contributed by atoms with van der Waals surface area (Å²) in [7, 11) is 0. The number of aryl methyl sites for hydroxylation is 1. The van der Waals surface area contributed by atoms with Crippen LogP contribution in [0.1, 0.15) is 15.9 Å². The molecule has 0 aromatic heterocycles. The van der Waals surface area contributed by atoms with Gasteiger partial charge in [-0.25, -0.2) is 0 Å². The molecule has 2 nitrogen and oxygen atoms in total. The van der Waals surface area contributed by atoms with Crippen LogP contribution in [0.15, 0.2) is 18.2 Å². The SMILES string of the molecule is Cc1ccc(O)c(C=O)c1.[Pd]. The van der Waals surface area contributed by atoms with E-state index in [1.807, 2.05) is 6.92 Å². The molecule has 0 aliphatic rings. The maximum atomic E-state index is 10.2. The summed E-state index contributed by atoms with van der Waals surface area (Å²) in [5.74, 6) is 0.0422. The maximum Gasteiger partial charge on any atom is 0.153 e. The Kier molecular flexibility index (Phi) is 4.02. The van der Waals surface area contributed by atoms with E-state index in [1.54, 1.807) is 12.1 Å². The molecular formula is C8H8O2Pd. The quantitative estimate of drug-likeness (QED) is 0.599. The van der Waals surface area contributed by atoms with Crippen LogP contribution in [0.3, 0.4) is 0 Å². The molecule has 0 aliphatic carbocycles. The zero-order chi connectivity index (χ0) is 7.56. The van der Waals surface area contributed by atoms with Gasteiger partial charge in [-0.1, -0.05) is 11.6 Å². The summed E-state index contributed by atoms with van der Waals surface area (Å²) in [5.41, 5.74) is 1.32. The van der Waals surface area contributed by atoms with Gasteiger partial charge in [0.25, 0.3) is 0 Å². The fourth-order valence-corrected chi connectivity index (χ4v) is 0.768. The van der Waals surface area contributed by atoms with E-state index in [9.17, 15) is 4.79 Å². The fraction of sp³-hybridized carbons (Fsp3) is 0.125. The van der Waals surface area contributed by atoms with E-state index in [4.69, 9.17) is 5.11 Å². The molecule has 0 heterocycles. The molecule has 3 heteroatoms. The third kappa shape index (κ3) is 2.45. The summed E-state index contributed by atoms with van der Waals surface area (Å²) < 4.78 is 0. The van der Waals surface area contributed by atoms with E-state index in [0.717, 1.165) is 5.56 Å². The molecule has 1 N–H and O–H groups in total. The van der Waals surface area contributed by atoms with Gasteiger partial charge in [0.2, 0.25) is 0 Å². The van der Waals surface area contributed by atoms with Crippen LogP contribution in [0.2, 0.25) is 0 Å². The Hall–Kier alpha value is -0.648. The second-order valence-electron chi connectivity index (χ2n) is 2.18. The van der Waals surface area contributed by atoms with E-state index in [0.29, 0.717) is 11.8 Å². The van der Waals surface area contributed by atoms with Crippen molar-refractivity contribution in [1.82, 2.24) is 0 Å². The van der Waals surface area contributed by atoms with Gasteiger partial charge in [-0.3, -0.25) is 4.79 Å². The molecule has 1 rings (SSSR count). The van der Waals surface area contributed by atoms with Crippen molar-refractivity contribution in [2.45, 2.75) is 6.92 Å². The average Bonchev–Trinajstić information content (AvgIpc) is 1.94. The van der Waals surface area contributed by atoms with Crippen molar-refractivity contribution in [3.05, 3.63) is 29.3 Å². The minimum atomic E-state index is 0. The van der Waals surface area contributed by atoms with Crippen LogP contribution in [-0.2, 0) is 20.4 Å². The number of rotatable bonds is 1. The number of benzene rings is 1. The minimum Gasteiger partial charge on any atom is -0.507 e. The molecule has 0 saturated carbocycles. The van der Waals surface area contributed by atoms with Gasteiger partial charge >= 0.3 is 0 Å². The van der Waals surface area contributed by atoms with E-state index in [-0.39, 0.29) is 26.2 Å². The van der Waals surface area contributed by atoms with Crippen LogP contribution < -0.4 is 0 Å². The van der Waals surface area contributed by atoms with Gasteiger partial charge in [-0.15, -0.1) is 0 Å². The third-order valence-corrected chi connectivity index (χ3v) is 1.31. The van der Waals surface area contributed by atoms with Crippen LogP contribution in [0.25, 0.3) is 0 Å². The molecule has 0 fully saturated rings. The number of aromatic hydroxyl groups is 1. The molecule has 0 spiro atoms. The maximum absolute atomic E-state index is 10.2. The van der Waals surface area contributed by atoms with E-state index >= 15 is 0 Å². The van der Waals surface area contributed by atoms with Crippen LogP contribution in [0.4, 0.5) is 0 Å². The predicted octanol–water partition coefficient (Wildman–Crippen LogP) is 1.51. The second kappa shape index (κ2) is 4.28. The largest absolute Gasteiger partial charge is 0.507 e. The Labute approximate surface area is 78.9 Å². The Balaban J connectivity index is 0.000001000. The number of aldehydes is 1. The first kappa shape index (κ1) is 10.4. The fourth-order valence-electron chi connectivity index (χ4n) is 0.768. The summed E-state index contributed by atoms with van der Waals surface area (Å²) in [6, 6.07) is 4.91. The van der Waals surface area contributed by atoms with E-state index in [1.165, 1.54) is 6.07 Å². The molecule has 0 aliphatic heterocycles. The molecule has 0 amide bonds. The van der Waals surface area contributed by atoms with Gasteiger partial charge in [0, 0.05) is 20.4 Å². The first-order chi connectivity index (χ1) is 4.74. The Morgan fingerprint density at radius 3 is 2.55 bits per heavy atom. The zero-order valence-electron chi connectivity index (χ0n) is 5.98. The molecule has 62 valence electrons. The molecule has 0 unspecified atom stereocenters. The molecule has 0 radical (unpaired) electrons. The second-order valence-corrected chi connectivity index (χ2v) is 2.18. The van der Waals surface area contributed by atoms with Gasteiger partial charge in [0.15, 0.2) is 6.29 Å². The molecular weight excluding hydrogens is 235 g/mol. The summed E-state index contributed by atoms with van der Waals surface area (Å²) in [6.45, 7) is 1.87. The van der Waals surface area contributed by atoms with Crippen LogP contribution in [-0.4, -0.2) is 11.4 Å². The number of phenolic OH excluding ortho intramolecular Hbond substituents is 1.